The number of sulfonamides is 1. The molecule has 2 aromatic rings. The molecule has 3 amide bonds. The van der Waals surface area contributed by atoms with Crippen LogP contribution in [-0.4, -0.2) is 74.8 Å². The van der Waals surface area contributed by atoms with Crippen molar-refractivity contribution in [3.63, 3.8) is 0 Å². The molecule has 216 valence electrons. The first-order chi connectivity index (χ1) is 18.6. The molecule has 40 heavy (non-hydrogen) atoms. The molecular formula is C24H24F3N3O8S2. The molecule has 2 aliphatic heterocycles. The van der Waals surface area contributed by atoms with Crippen LogP contribution in [0.25, 0.3) is 0 Å². The van der Waals surface area contributed by atoms with Gasteiger partial charge in [-0.05, 0) is 49.6 Å². The smallest absolute Gasteiger partial charge is 0.417 e. The number of imide groups is 1. The van der Waals surface area contributed by atoms with Gasteiger partial charge >= 0.3 is 12.3 Å². The number of likely N-dealkylation sites (tertiary alicyclic amines) is 2. The Morgan fingerprint density at radius 1 is 0.925 bits per heavy atom. The van der Waals surface area contributed by atoms with E-state index in [0.717, 1.165) is 0 Å². The summed E-state index contributed by atoms with van der Waals surface area (Å²) in [7, 11) is -9.22. The number of benzene rings is 2. The van der Waals surface area contributed by atoms with E-state index in [-0.39, 0.29) is 43.7 Å². The summed E-state index contributed by atoms with van der Waals surface area (Å²) in [5.41, 5.74) is -1.54. The minimum atomic E-state index is -5.11. The van der Waals surface area contributed by atoms with Crippen LogP contribution in [0.2, 0.25) is 0 Å². The summed E-state index contributed by atoms with van der Waals surface area (Å²) in [5.74, 6) is -1.32. The number of sulfone groups is 1. The number of hydrogen-bond acceptors (Lipinski definition) is 7. The lowest BCUT2D eigenvalue weighted by atomic mass is 10.0. The van der Waals surface area contributed by atoms with Gasteiger partial charge in [0.25, 0.3) is 0 Å². The van der Waals surface area contributed by atoms with Crippen LogP contribution in [0.1, 0.15) is 31.2 Å². The van der Waals surface area contributed by atoms with Gasteiger partial charge in [0.05, 0.1) is 20.2 Å². The molecule has 0 radical (unpaired) electrons. The number of carbonyl (C=O) groups excluding carboxylic acids is 2. The second kappa shape index (κ2) is 10.8. The van der Waals surface area contributed by atoms with Crippen molar-refractivity contribution in [3.8, 4) is 0 Å². The molecule has 0 saturated carbocycles. The first-order valence-corrected chi connectivity index (χ1v) is 15.0. The summed E-state index contributed by atoms with van der Waals surface area (Å²) in [5, 5.41) is 9.23. The monoisotopic (exact) mass is 603 g/mol. The van der Waals surface area contributed by atoms with Gasteiger partial charge in [0.2, 0.25) is 31.7 Å². The topological polar surface area (TPSA) is 158 Å². The van der Waals surface area contributed by atoms with Crippen molar-refractivity contribution in [2.75, 3.05) is 13.1 Å². The molecule has 1 atom stereocenters. The van der Waals surface area contributed by atoms with Crippen molar-refractivity contribution in [2.24, 2.45) is 0 Å². The van der Waals surface area contributed by atoms with Crippen LogP contribution in [0.15, 0.2) is 63.2 Å². The van der Waals surface area contributed by atoms with Crippen molar-refractivity contribution < 1.29 is 49.5 Å². The lowest BCUT2D eigenvalue weighted by Crippen LogP contribution is -2.53. The summed E-state index contributed by atoms with van der Waals surface area (Å²) >= 11 is 0. The summed E-state index contributed by atoms with van der Waals surface area (Å²) in [6.07, 6.45) is -6.78. The molecule has 1 unspecified atom stereocenters. The quantitative estimate of drug-likeness (QED) is 0.510. The van der Waals surface area contributed by atoms with Crippen molar-refractivity contribution in [1.82, 2.24) is 14.5 Å². The number of amides is 3. The number of rotatable bonds is 6. The molecular weight excluding hydrogens is 579 g/mol. The van der Waals surface area contributed by atoms with Crippen LogP contribution < -0.4 is 4.72 Å². The third-order valence-corrected chi connectivity index (χ3v) is 10.1. The van der Waals surface area contributed by atoms with Gasteiger partial charge in [-0.3, -0.25) is 9.59 Å². The van der Waals surface area contributed by atoms with E-state index in [1.807, 2.05) is 0 Å². The molecule has 0 bridgehead atoms. The molecule has 2 N–H and O–H groups in total. The van der Waals surface area contributed by atoms with Gasteiger partial charge in [-0.2, -0.15) is 13.2 Å². The van der Waals surface area contributed by atoms with Crippen molar-refractivity contribution in [3.05, 3.63) is 54.1 Å². The zero-order chi connectivity index (χ0) is 29.5. The number of hydrogen-bond donors (Lipinski definition) is 2. The maximum atomic E-state index is 13.8. The number of piperidine rings is 1. The second-order valence-corrected chi connectivity index (χ2v) is 12.9. The number of carbonyl (C=O) groups is 3. The summed E-state index contributed by atoms with van der Waals surface area (Å²) in [6.45, 7) is -0.0859. The SMILES string of the molecule is O=C(C1CCC(=O)N1C(=O)O)N1CCC(NS(=O)(=O)c2cc(S(=O)(=O)c3ccccc3)ccc2C(F)(F)F)CC1. The Balaban J connectivity index is 1.54. The molecule has 0 spiro atoms. The first kappa shape index (κ1) is 29.5. The zero-order valence-electron chi connectivity index (χ0n) is 20.7. The standard InChI is InChI=1S/C24H24F3N3O8S2/c25-24(26,27)18-7-6-17(39(35,36)16-4-2-1-3-5-16)14-20(18)40(37,38)28-15-10-12-29(13-11-15)22(32)19-8-9-21(31)30(19)23(33)34/h1-7,14-15,19,28H,8-13H2,(H,33,34). The fourth-order valence-corrected chi connectivity index (χ4v) is 7.67. The predicted molar refractivity (Wildman–Crippen MR) is 131 cm³/mol. The number of halogens is 3. The zero-order valence-corrected chi connectivity index (χ0v) is 22.3. The van der Waals surface area contributed by atoms with Gasteiger partial charge in [-0.1, -0.05) is 18.2 Å². The number of nitrogens with one attached hydrogen (secondary N) is 1. The van der Waals surface area contributed by atoms with E-state index in [1.54, 1.807) is 6.07 Å². The lowest BCUT2D eigenvalue weighted by molar-refractivity contribution is -0.140. The molecule has 16 heteroatoms. The highest BCUT2D eigenvalue weighted by Crippen LogP contribution is 2.36. The van der Waals surface area contributed by atoms with Crippen LogP contribution in [0.4, 0.5) is 18.0 Å². The highest BCUT2D eigenvalue weighted by molar-refractivity contribution is 7.91. The minimum Gasteiger partial charge on any atom is -0.465 e. The molecule has 2 aromatic carbocycles. The Bertz CT molecular complexity index is 1540. The highest BCUT2D eigenvalue weighted by Gasteiger charge is 2.43. The highest BCUT2D eigenvalue weighted by atomic mass is 32.2. The molecule has 2 heterocycles. The fraction of sp³-hybridized carbons (Fsp3) is 0.375. The Morgan fingerprint density at radius 2 is 1.55 bits per heavy atom. The number of carboxylic acid groups (broad SMARTS) is 1. The van der Waals surface area contributed by atoms with E-state index in [9.17, 15) is 49.5 Å². The lowest BCUT2D eigenvalue weighted by Gasteiger charge is -2.34. The van der Waals surface area contributed by atoms with Crippen LogP contribution >= 0.6 is 0 Å². The van der Waals surface area contributed by atoms with E-state index in [2.05, 4.69) is 4.72 Å². The van der Waals surface area contributed by atoms with E-state index >= 15 is 0 Å². The average Bonchev–Trinajstić information content (AvgIpc) is 3.29. The minimum absolute atomic E-state index is 0.0118. The molecule has 0 aromatic heterocycles. The van der Waals surface area contributed by atoms with Crippen LogP contribution in [0, 0.1) is 0 Å². The Kier molecular flexibility index (Phi) is 7.97. The van der Waals surface area contributed by atoms with Crippen LogP contribution in [0.3, 0.4) is 0 Å². The predicted octanol–water partition coefficient (Wildman–Crippen LogP) is 2.48. The third-order valence-electron chi connectivity index (χ3n) is 6.74. The van der Waals surface area contributed by atoms with Crippen molar-refractivity contribution >= 4 is 37.8 Å². The van der Waals surface area contributed by atoms with Crippen molar-refractivity contribution in [2.45, 2.75) is 58.6 Å². The summed E-state index contributed by atoms with van der Waals surface area (Å²) < 4.78 is 95.7. The maximum Gasteiger partial charge on any atom is 0.417 e. The van der Waals surface area contributed by atoms with E-state index < -0.39 is 71.4 Å². The molecule has 11 nitrogen and oxygen atoms in total. The Labute approximate surface area is 227 Å². The number of alkyl halides is 3. The molecule has 4 rings (SSSR count). The Morgan fingerprint density at radius 3 is 2.12 bits per heavy atom. The van der Waals surface area contributed by atoms with Gasteiger partial charge in [-0.15, -0.1) is 0 Å². The van der Waals surface area contributed by atoms with E-state index in [4.69, 9.17) is 0 Å². The molecule has 0 aliphatic carbocycles. The van der Waals surface area contributed by atoms with Gasteiger partial charge in [0.15, 0.2) is 0 Å². The van der Waals surface area contributed by atoms with Gasteiger partial charge < -0.3 is 10.0 Å². The van der Waals surface area contributed by atoms with E-state index in [0.29, 0.717) is 23.1 Å². The molecule has 2 aliphatic rings. The molecule has 2 fully saturated rings. The normalized spacial score (nSPS) is 19.2. The largest absolute Gasteiger partial charge is 0.465 e. The Hall–Kier alpha value is -3.50. The van der Waals surface area contributed by atoms with Gasteiger partial charge in [0, 0.05) is 25.6 Å². The number of nitrogens with zero attached hydrogens (tertiary/aromatic N) is 2. The van der Waals surface area contributed by atoms with Crippen LogP contribution in [0.5, 0.6) is 0 Å². The third kappa shape index (κ3) is 5.83. The summed E-state index contributed by atoms with van der Waals surface area (Å²) in [4.78, 5) is 35.6. The van der Waals surface area contributed by atoms with Crippen LogP contribution in [-0.2, 0) is 35.6 Å². The fourth-order valence-electron chi connectivity index (χ4n) is 4.73. The van der Waals surface area contributed by atoms with Gasteiger partial charge in [0.1, 0.15) is 6.04 Å². The summed E-state index contributed by atoms with van der Waals surface area (Å²) in [6, 6.07) is 6.31. The average molecular weight is 604 g/mol. The van der Waals surface area contributed by atoms with E-state index in [1.165, 1.54) is 29.2 Å². The maximum absolute atomic E-state index is 13.8. The first-order valence-electron chi connectivity index (χ1n) is 12.0. The molecule has 2 saturated heterocycles. The van der Waals surface area contributed by atoms with Crippen molar-refractivity contribution in [1.29, 1.82) is 0 Å². The second-order valence-electron chi connectivity index (χ2n) is 9.29. The van der Waals surface area contributed by atoms with Gasteiger partial charge in [-0.25, -0.2) is 31.3 Å².